The van der Waals surface area contributed by atoms with Gasteiger partial charge in [-0.2, -0.15) is 4.31 Å². The van der Waals surface area contributed by atoms with Crippen LogP contribution in [0, 0.1) is 13.8 Å². The minimum Gasteiger partial charge on any atom is -0.494 e. The summed E-state index contributed by atoms with van der Waals surface area (Å²) in [6.45, 7) is 10.1. The number of ether oxygens (including phenoxy) is 1. The molecule has 5 nitrogen and oxygen atoms in total. The number of benzene rings is 1. The van der Waals surface area contributed by atoms with Gasteiger partial charge in [0.05, 0.1) is 11.5 Å². The first-order valence-corrected chi connectivity index (χ1v) is 9.15. The molecule has 0 N–H and O–H groups in total. The molecule has 1 aliphatic rings. The van der Waals surface area contributed by atoms with Crippen LogP contribution in [0.1, 0.15) is 25.0 Å². The third kappa shape index (κ3) is 3.29. The Balaban J connectivity index is 2.36. The Morgan fingerprint density at radius 1 is 1.23 bits per heavy atom. The first kappa shape index (κ1) is 17.2. The van der Waals surface area contributed by atoms with E-state index in [9.17, 15) is 8.42 Å². The summed E-state index contributed by atoms with van der Waals surface area (Å²) in [5.74, 6) is 0.755. The zero-order valence-electron chi connectivity index (χ0n) is 14.1. The molecule has 0 bridgehead atoms. The molecule has 1 heterocycles. The molecule has 2 rings (SSSR count). The van der Waals surface area contributed by atoms with Gasteiger partial charge in [-0.05, 0) is 58.0 Å². The van der Waals surface area contributed by atoms with Gasteiger partial charge in [0.15, 0.2) is 0 Å². The summed E-state index contributed by atoms with van der Waals surface area (Å²) in [6, 6.07) is 3.79. The van der Waals surface area contributed by atoms with E-state index in [0.717, 1.165) is 23.4 Å². The molecule has 0 amide bonds. The Kier molecular flexibility index (Phi) is 5.14. The lowest BCUT2D eigenvalue weighted by Gasteiger charge is -2.37. The molecule has 0 spiro atoms. The van der Waals surface area contributed by atoms with Crippen molar-refractivity contribution in [2.24, 2.45) is 0 Å². The van der Waals surface area contributed by atoms with E-state index in [0.29, 0.717) is 24.6 Å². The highest BCUT2D eigenvalue weighted by molar-refractivity contribution is 7.89. The van der Waals surface area contributed by atoms with Crippen molar-refractivity contribution >= 4 is 10.0 Å². The van der Waals surface area contributed by atoms with Crippen LogP contribution in [-0.4, -0.2) is 57.0 Å². The average Bonchev–Trinajstić information content (AvgIpc) is 2.45. The van der Waals surface area contributed by atoms with E-state index in [1.54, 1.807) is 10.4 Å². The smallest absolute Gasteiger partial charge is 0.243 e. The highest BCUT2D eigenvalue weighted by Gasteiger charge is 2.32. The van der Waals surface area contributed by atoms with Crippen molar-refractivity contribution in [3.05, 3.63) is 23.3 Å². The van der Waals surface area contributed by atoms with Crippen molar-refractivity contribution < 1.29 is 13.2 Å². The van der Waals surface area contributed by atoms with Gasteiger partial charge in [0.25, 0.3) is 0 Å². The SMILES string of the molecule is CCOc1cc(C)c(S(=O)(=O)N2CCN(C)C(C)C2)cc1C. The second kappa shape index (κ2) is 6.56. The van der Waals surface area contributed by atoms with Gasteiger partial charge in [-0.1, -0.05) is 0 Å². The number of nitrogens with zero attached hydrogens (tertiary/aromatic N) is 2. The molecular weight excluding hydrogens is 300 g/mol. The molecule has 1 atom stereocenters. The van der Waals surface area contributed by atoms with Crippen molar-refractivity contribution in [2.45, 2.75) is 38.6 Å². The predicted molar refractivity (Wildman–Crippen MR) is 87.9 cm³/mol. The van der Waals surface area contributed by atoms with Gasteiger partial charge >= 0.3 is 0 Å². The van der Waals surface area contributed by atoms with Crippen LogP contribution in [-0.2, 0) is 10.0 Å². The van der Waals surface area contributed by atoms with Crippen molar-refractivity contribution in [1.82, 2.24) is 9.21 Å². The maximum absolute atomic E-state index is 12.9. The second-order valence-corrected chi connectivity index (χ2v) is 7.92. The number of likely N-dealkylation sites (N-methyl/N-ethyl adjacent to an activating group) is 1. The molecule has 1 aliphatic heterocycles. The number of piperazine rings is 1. The second-order valence-electron chi connectivity index (χ2n) is 6.01. The molecule has 1 fully saturated rings. The van der Waals surface area contributed by atoms with Crippen LogP contribution in [0.15, 0.2) is 17.0 Å². The van der Waals surface area contributed by atoms with Gasteiger partial charge in [-0.3, -0.25) is 0 Å². The first-order chi connectivity index (χ1) is 10.3. The maximum Gasteiger partial charge on any atom is 0.243 e. The highest BCUT2D eigenvalue weighted by Crippen LogP contribution is 2.28. The lowest BCUT2D eigenvalue weighted by Crippen LogP contribution is -2.51. The zero-order chi connectivity index (χ0) is 16.5. The Hall–Kier alpha value is -1.11. The van der Waals surface area contributed by atoms with Crippen LogP contribution in [0.3, 0.4) is 0 Å². The van der Waals surface area contributed by atoms with Gasteiger partial charge in [-0.15, -0.1) is 0 Å². The molecule has 124 valence electrons. The average molecular weight is 326 g/mol. The molecule has 6 heteroatoms. The van der Waals surface area contributed by atoms with Crippen LogP contribution < -0.4 is 4.74 Å². The molecule has 1 aromatic carbocycles. The molecule has 1 saturated heterocycles. The van der Waals surface area contributed by atoms with Crippen molar-refractivity contribution in [1.29, 1.82) is 0 Å². The van der Waals surface area contributed by atoms with Gasteiger partial charge < -0.3 is 9.64 Å². The molecule has 0 saturated carbocycles. The molecule has 0 radical (unpaired) electrons. The fourth-order valence-electron chi connectivity index (χ4n) is 2.72. The monoisotopic (exact) mass is 326 g/mol. The molecule has 0 aliphatic carbocycles. The van der Waals surface area contributed by atoms with E-state index in [1.165, 1.54) is 0 Å². The zero-order valence-corrected chi connectivity index (χ0v) is 14.9. The quantitative estimate of drug-likeness (QED) is 0.849. The summed E-state index contributed by atoms with van der Waals surface area (Å²) in [7, 11) is -1.42. The van der Waals surface area contributed by atoms with Gasteiger partial charge in [0, 0.05) is 25.7 Å². The summed E-state index contributed by atoms with van der Waals surface area (Å²) in [5.41, 5.74) is 1.59. The minimum atomic E-state index is -3.45. The number of hydrogen-bond donors (Lipinski definition) is 0. The molecule has 1 unspecified atom stereocenters. The van der Waals surface area contributed by atoms with Crippen LogP contribution in [0.4, 0.5) is 0 Å². The summed E-state index contributed by atoms with van der Waals surface area (Å²) < 4.78 is 33.0. The Bertz CT molecular complexity index is 643. The van der Waals surface area contributed by atoms with Crippen molar-refractivity contribution in [3.8, 4) is 5.75 Å². The van der Waals surface area contributed by atoms with E-state index >= 15 is 0 Å². The van der Waals surface area contributed by atoms with Crippen molar-refractivity contribution in [3.63, 3.8) is 0 Å². The van der Waals surface area contributed by atoms with E-state index in [1.807, 2.05) is 33.9 Å². The Morgan fingerprint density at radius 3 is 2.50 bits per heavy atom. The standard InChI is InChI=1S/C16H26N2O3S/c1-6-21-15-9-13(3)16(10-12(15)2)22(19,20)18-8-7-17(5)14(4)11-18/h9-10,14H,6-8,11H2,1-5H3. The first-order valence-electron chi connectivity index (χ1n) is 7.71. The lowest BCUT2D eigenvalue weighted by molar-refractivity contribution is 0.159. The summed E-state index contributed by atoms with van der Waals surface area (Å²) in [4.78, 5) is 2.58. The van der Waals surface area contributed by atoms with Gasteiger partial charge in [0.1, 0.15) is 5.75 Å². The van der Waals surface area contributed by atoms with E-state index in [-0.39, 0.29) is 6.04 Å². The number of rotatable bonds is 4. The summed E-state index contributed by atoms with van der Waals surface area (Å²) >= 11 is 0. The lowest BCUT2D eigenvalue weighted by atomic mass is 10.1. The fraction of sp³-hybridized carbons (Fsp3) is 0.625. The van der Waals surface area contributed by atoms with Gasteiger partial charge in [-0.25, -0.2) is 8.42 Å². The largest absolute Gasteiger partial charge is 0.494 e. The van der Waals surface area contributed by atoms with E-state index in [4.69, 9.17) is 4.74 Å². The number of hydrogen-bond acceptors (Lipinski definition) is 4. The molecular formula is C16H26N2O3S. The van der Waals surface area contributed by atoms with Crippen LogP contribution >= 0.6 is 0 Å². The molecule has 0 aromatic heterocycles. The number of aryl methyl sites for hydroxylation is 2. The maximum atomic E-state index is 12.9. The minimum absolute atomic E-state index is 0.229. The third-order valence-corrected chi connectivity index (χ3v) is 6.32. The highest BCUT2D eigenvalue weighted by atomic mass is 32.2. The van der Waals surface area contributed by atoms with Gasteiger partial charge in [0.2, 0.25) is 10.0 Å². The van der Waals surface area contributed by atoms with Crippen molar-refractivity contribution in [2.75, 3.05) is 33.3 Å². The Labute approximate surface area is 133 Å². The molecule has 22 heavy (non-hydrogen) atoms. The summed E-state index contributed by atoms with van der Waals surface area (Å²) in [5, 5.41) is 0. The van der Waals surface area contributed by atoms with E-state index < -0.39 is 10.0 Å². The topological polar surface area (TPSA) is 49.9 Å². The third-order valence-electron chi connectivity index (χ3n) is 4.31. The predicted octanol–water partition coefficient (Wildman–Crippen LogP) is 2.03. The van der Waals surface area contributed by atoms with E-state index in [2.05, 4.69) is 11.8 Å². The normalized spacial score (nSPS) is 21.0. The summed E-state index contributed by atoms with van der Waals surface area (Å²) in [6.07, 6.45) is 0. The van der Waals surface area contributed by atoms with Crippen LogP contribution in [0.25, 0.3) is 0 Å². The molecule has 1 aromatic rings. The van der Waals surface area contributed by atoms with Crippen LogP contribution in [0.5, 0.6) is 5.75 Å². The van der Waals surface area contributed by atoms with Crippen LogP contribution in [0.2, 0.25) is 0 Å². The number of sulfonamides is 1. The fourth-order valence-corrected chi connectivity index (χ4v) is 4.53. The Morgan fingerprint density at radius 2 is 1.91 bits per heavy atom.